The van der Waals surface area contributed by atoms with Crippen molar-refractivity contribution in [1.82, 2.24) is 0 Å². The summed E-state index contributed by atoms with van der Waals surface area (Å²) in [5.41, 5.74) is 2.75. The molecule has 0 N–H and O–H groups in total. The predicted octanol–water partition coefficient (Wildman–Crippen LogP) is 4.17. The highest BCUT2D eigenvalue weighted by Crippen LogP contribution is 2.37. The van der Waals surface area contributed by atoms with Crippen LogP contribution < -0.4 is 4.90 Å². The molecule has 2 heterocycles. The number of aryl methyl sites for hydroxylation is 1. The van der Waals surface area contributed by atoms with E-state index in [9.17, 15) is 12.8 Å². The number of aliphatic imine (C=N–C) groups is 1. The second-order valence-corrected chi connectivity index (χ2v) is 10.8. The van der Waals surface area contributed by atoms with Crippen LogP contribution in [-0.2, 0) is 15.6 Å². The molecule has 8 heteroatoms. The zero-order valence-electron chi connectivity index (χ0n) is 14.6. The molecule has 2 aromatic carbocycles. The van der Waals surface area contributed by atoms with Crippen molar-refractivity contribution < 1.29 is 12.8 Å². The molecular formula is C19H18BrFN2O2S2. The first-order chi connectivity index (χ1) is 12.8. The summed E-state index contributed by atoms with van der Waals surface area (Å²) in [5, 5.41) is 0.685. The fraction of sp³-hybridized carbons (Fsp3) is 0.316. The number of thioether (sulfide) groups is 1. The lowest BCUT2D eigenvalue weighted by atomic mass is 10.1. The monoisotopic (exact) mass is 468 g/mol. The molecule has 2 aliphatic rings. The number of amidine groups is 1. The largest absolute Gasteiger partial charge is 0.312 e. The van der Waals surface area contributed by atoms with Gasteiger partial charge in [-0.05, 0) is 36.2 Å². The Kier molecular flexibility index (Phi) is 5.07. The Bertz CT molecular complexity index is 1030. The van der Waals surface area contributed by atoms with Gasteiger partial charge in [-0.2, -0.15) is 0 Å². The summed E-state index contributed by atoms with van der Waals surface area (Å²) in [6, 6.07) is 12.3. The third-order valence-corrected chi connectivity index (χ3v) is 8.10. The summed E-state index contributed by atoms with van der Waals surface area (Å²) in [6.07, 6.45) is 0. The van der Waals surface area contributed by atoms with Gasteiger partial charge in [-0.25, -0.2) is 12.8 Å². The molecule has 0 bridgehead atoms. The van der Waals surface area contributed by atoms with Gasteiger partial charge >= 0.3 is 0 Å². The van der Waals surface area contributed by atoms with Gasteiger partial charge in [0.15, 0.2) is 15.0 Å². The van der Waals surface area contributed by atoms with Gasteiger partial charge in [-0.1, -0.05) is 52.0 Å². The molecule has 4 rings (SSSR count). The molecule has 1 saturated heterocycles. The quantitative estimate of drug-likeness (QED) is 0.677. The van der Waals surface area contributed by atoms with Gasteiger partial charge in [-0.3, -0.25) is 4.99 Å². The SMILES string of the molecule is Cc1ccccc1CSC1=NC2CS(=O)(=O)CC2N1c1ccc(Br)cc1F. The summed E-state index contributed by atoms with van der Waals surface area (Å²) in [6.45, 7) is 2.06. The molecule has 0 saturated carbocycles. The summed E-state index contributed by atoms with van der Waals surface area (Å²) >= 11 is 4.80. The second kappa shape index (κ2) is 7.22. The Morgan fingerprint density at radius 2 is 2.04 bits per heavy atom. The van der Waals surface area contributed by atoms with Crippen LogP contribution in [0.3, 0.4) is 0 Å². The third kappa shape index (κ3) is 3.79. The van der Waals surface area contributed by atoms with Gasteiger partial charge in [0.2, 0.25) is 0 Å². The molecule has 2 aliphatic heterocycles. The molecule has 142 valence electrons. The molecule has 2 unspecified atom stereocenters. The molecule has 2 aromatic rings. The number of benzene rings is 2. The molecule has 0 aliphatic carbocycles. The van der Waals surface area contributed by atoms with E-state index in [2.05, 4.69) is 40.0 Å². The molecular weight excluding hydrogens is 451 g/mol. The van der Waals surface area contributed by atoms with Crippen LogP contribution in [0.15, 0.2) is 51.9 Å². The highest BCUT2D eigenvalue weighted by molar-refractivity contribution is 9.10. The molecule has 0 amide bonds. The number of rotatable bonds is 3. The van der Waals surface area contributed by atoms with Crippen molar-refractivity contribution in [3.63, 3.8) is 0 Å². The highest BCUT2D eigenvalue weighted by atomic mass is 79.9. The van der Waals surface area contributed by atoms with Gasteiger partial charge in [0.05, 0.1) is 29.3 Å². The van der Waals surface area contributed by atoms with E-state index in [-0.39, 0.29) is 23.6 Å². The van der Waals surface area contributed by atoms with E-state index in [0.717, 1.165) is 0 Å². The Morgan fingerprint density at radius 1 is 1.26 bits per heavy atom. The number of anilines is 1. The predicted molar refractivity (Wildman–Crippen MR) is 113 cm³/mol. The molecule has 0 radical (unpaired) electrons. The van der Waals surface area contributed by atoms with Gasteiger partial charge in [-0.15, -0.1) is 0 Å². The van der Waals surface area contributed by atoms with Crippen LogP contribution >= 0.6 is 27.7 Å². The van der Waals surface area contributed by atoms with Crippen molar-refractivity contribution in [2.75, 3.05) is 16.4 Å². The molecule has 27 heavy (non-hydrogen) atoms. The molecule has 4 nitrogen and oxygen atoms in total. The smallest absolute Gasteiger partial charge is 0.164 e. The highest BCUT2D eigenvalue weighted by Gasteiger charge is 2.47. The van der Waals surface area contributed by atoms with E-state index in [1.165, 1.54) is 29.0 Å². The minimum Gasteiger partial charge on any atom is -0.312 e. The van der Waals surface area contributed by atoms with Gasteiger partial charge in [0, 0.05) is 10.2 Å². The summed E-state index contributed by atoms with van der Waals surface area (Å²) < 4.78 is 39.5. The fourth-order valence-electron chi connectivity index (χ4n) is 3.51. The number of sulfone groups is 1. The zero-order chi connectivity index (χ0) is 19.2. The average Bonchev–Trinajstić information content (AvgIpc) is 3.06. The minimum atomic E-state index is -3.15. The Morgan fingerprint density at radius 3 is 2.78 bits per heavy atom. The van der Waals surface area contributed by atoms with E-state index < -0.39 is 15.7 Å². The lowest BCUT2D eigenvalue weighted by Crippen LogP contribution is -2.39. The topological polar surface area (TPSA) is 49.7 Å². The maximum absolute atomic E-state index is 14.7. The van der Waals surface area contributed by atoms with Gasteiger partial charge in [0.1, 0.15) is 5.82 Å². The third-order valence-electron chi connectivity index (χ3n) is 4.89. The van der Waals surface area contributed by atoms with E-state index >= 15 is 0 Å². The first-order valence-corrected chi connectivity index (χ1v) is 12.1. The van der Waals surface area contributed by atoms with Crippen molar-refractivity contribution in [3.8, 4) is 0 Å². The molecule has 2 atom stereocenters. The van der Waals surface area contributed by atoms with Crippen molar-refractivity contribution in [2.24, 2.45) is 4.99 Å². The van der Waals surface area contributed by atoms with Crippen LogP contribution in [-0.4, -0.2) is 37.2 Å². The number of fused-ring (bicyclic) bond motifs is 1. The second-order valence-electron chi connectivity index (χ2n) is 6.80. The normalized spacial score (nSPS) is 23.4. The van der Waals surface area contributed by atoms with Gasteiger partial charge < -0.3 is 4.90 Å². The number of halogens is 2. The summed E-state index contributed by atoms with van der Waals surface area (Å²) in [4.78, 5) is 6.44. The Balaban J connectivity index is 1.66. The van der Waals surface area contributed by atoms with Crippen molar-refractivity contribution in [1.29, 1.82) is 0 Å². The van der Waals surface area contributed by atoms with Crippen molar-refractivity contribution in [3.05, 3.63) is 63.9 Å². The van der Waals surface area contributed by atoms with E-state index in [1.54, 1.807) is 17.0 Å². The molecule has 0 aromatic heterocycles. The van der Waals surface area contributed by atoms with Crippen LogP contribution in [0.5, 0.6) is 0 Å². The first kappa shape index (κ1) is 19.0. The number of hydrogen-bond donors (Lipinski definition) is 0. The maximum atomic E-state index is 14.7. The van der Waals surface area contributed by atoms with Crippen LogP contribution in [0.2, 0.25) is 0 Å². The fourth-order valence-corrected chi connectivity index (χ4v) is 6.87. The van der Waals surface area contributed by atoms with E-state index in [0.29, 0.717) is 21.1 Å². The van der Waals surface area contributed by atoms with E-state index in [1.807, 2.05) is 12.1 Å². The summed E-state index contributed by atoms with van der Waals surface area (Å²) in [5.74, 6) is 0.344. The maximum Gasteiger partial charge on any atom is 0.164 e. The number of hydrogen-bond acceptors (Lipinski definition) is 5. The average molecular weight is 469 g/mol. The van der Waals surface area contributed by atoms with Crippen LogP contribution in [0.4, 0.5) is 10.1 Å². The van der Waals surface area contributed by atoms with Crippen LogP contribution in [0, 0.1) is 12.7 Å². The van der Waals surface area contributed by atoms with E-state index in [4.69, 9.17) is 0 Å². The standard InChI is InChI=1S/C19H18BrFN2O2S2/c1-12-4-2-3-5-13(12)9-26-19-22-16-10-27(24,25)11-18(16)23(19)17-7-6-14(20)8-15(17)21/h2-8,16,18H,9-11H2,1H3. The molecule has 0 spiro atoms. The van der Waals surface area contributed by atoms with Crippen LogP contribution in [0.1, 0.15) is 11.1 Å². The summed E-state index contributed by atoms with van der Waals surface area (Å²) in [7, 11) is -3.15. The number of nitrogens with zero attached hydrogens (tertiary/aromatic N) is 2. The van der Waals surface area contributed by atoms with Gasteiger partial charge in [0.25, 0.3) is 0 Å². The van der Waals surface area contributed by atoms with Crippen molar-refractivity contribution >= 4 is 48.4 Å². The lowest BCUT2D eigenvalue weighted by molar-refractivity contribution is 0.600. The molecule has 1 fully saturated rings. The first-order valence-electron chi connectivity index (χ1n) is 8.54. The Hall–Kier alpha value is -1.38. The van der Waals surface area contributed by atoms with Crippen molar-refractivity contribution in [2.45, 2.75) is 24.8 Å². The van der Waals surface area contributed by atoms with Crippen LogP contribution in [0.25, 0.3) is 0 Å². The lowest BCUT2D eigenvalue weighted by Gasteiger charge is -2.27. The minimum absolute atomic E-state index is 0.00505. The zero-order valence-corrected chi connectivity index (χ0v) is 17.8. The Labute approximate surface area is 170 Å².